The zero-order chi connectivity index (χ0) is 14.7. The van der Waals surface area contributed by atoms with Crippen LogP contribution in [0, 0.1) is 0 Å². The molecule has 0 amide bonds. The predicted octanol–water partition coefficient (Wildman–Crippen LogP) is 1.59. The number of hydrogen-bond acceptors (Lipinski definition) is 4. The Morgan fingerprint density at radius 1 is 1.19 bits per heavy atom. The molecule has 3 rings (SSSR count). The molecule has 1 atom stereocenters. The van der Waals surface area contributed by atoms with Gasteiger partial charge >= 0.3 is 5.97 Å². The largest absolute Gasteiger partial charge is 0.480 e. The van der Waals surface area contributed by atoms with Crippen molar-refractivity contribution in [1.82, 2.24) is 14.8 Å². The van der Waals surface area contributed by atoms with Gasteiger partial charge in [0.15, 0.2) is 0 Å². The van der Waals surface area contributed by atoms with Gasteiger partial charge in [-0.15, -0.1) is 0 Å². The van der Waals surface area contributed by atoms with E-state index in [0.717, 1.165) is 51.9 Å². The van der Waals surface area contributed by atoms with Gasteiger partial charge in [0.05, 0.1) is 0 Å². The standard InChI is InChI=1S/C16H23N3O2/c20-16(21)15-2-1-9-19(15)14-5-10-18(11-6-14)12-13-3-7-17-8-4-13/h3-4,7-8,14-15H,1-2,5-6,9-12H2,(H,20,21). The smallest absolute Gasteiger partial charge is 0.320 e. The van der Waals surface area contributed by atoms with Crippen LogP contribution in [-0.4, -0.2) is 57.6 Å². The second kappa shape index (κ2) is 6.54. The molecule has 2 aliphatic rings. The van der Waals surface area contributed by atoms with Gasteiger partial charge in [0.25, 0.3) is 0 Å². The minimum atomic E-state index is -0.647. The van der Waals surface area contributed by atoms with Gasteiger partial charge in [-0.1, -0.05) is 0 Å². The Bertz CT molecular complexity index is 472. The average Bonchev–Trinajstić information content (AvgIpc) is 2.99. The van der Waals surface area contributed by atoms with E-state index in [-0.39, 0.29) is 6.04 Å². The second-order valence-corrected chi connectivity index (χ2v) is 6.10. The summed E-state index contributed by atoms with van der Waals surface area (Å²) in [6, 6.07) is 4.32. The van der Waals surface area contributed by atoms with Gasteiger partial charge in [0, 0.05) is 25.0 Å². The Balaban J connectivity index is 1.52. The fourth-order valence-electron chi connectivity index (χ4n) is 3.65. The molecule has 0 saturated carbocycles. The molecule has 1 unspecified atom stereocenters. The summed E-state index contributed by atoms with van der Waals surface area (Å²) in [7, 11) is 0. The number of rotatable bonds is 4. The van der Waals surface area contributed by atoms with Crippen molar-refractivity contribution in [2.24, 2.45) is 0 Å². The molecule has 2 aliphatic heterocycles. The molecule has 1 aromatic rings. The summed E-state index contributed by atoms with van der Waals surface area (Å²) in [5.74, 6) is -0.647. The summed E-state index contributed by atoms with van der Waals surface area (Å²) in [6.45, 7) is 4.02. The highest BCUT2D eigenvalue weighted by atomic mass is 16.4. The van der Waals surface area contributed by atoms with E-state index in [1.807, 2.05) is 12.4 Å². The van der Waals surface area contributed by atoms with Gasteiger partial charge in [-0.3, -0.25) is 19.6 Å². The molecule has 21 heavy (non-hydrogen) atoms. The van der Waals surface area contributed by atoms with Crippen molar-refractivity contribution in [1.29, 1.82) is 0 Å². The van der Waals surface area contributed by atoms with Crippen LogP contribution in [0.15, 0.2) is 24.5 Å². The molecule has 114 valence electrons. The highest BCUT2D eigenvalue weighted by Gasteiger charge is 2.36. The van der Waals surface area contributed by atoms with Crippen molar-refractivity contribution in [3.05, 3.63) is 30.1 Å². The summed E-state index contributed by atoms with van der Waals surface area (Å²) in [5.41, 5.74) is 1.30. The molecule has 5 nitrogen and oxygen atoms in total. The van der Waals surface area contributed by atoms with E-state index in [1.165, 1.54) is 5.56 Å². The molecular weight excluding hydrogens is 266 g/mol. The van der Waals surface area contributed by atoms with Gasteiger partial charge in [-0.2, -0.15) is 0 Å². The van der Waals surface area contributed by atoms with E-state index < -0.39 is 5.97 Å². The SMILES string of the molecule is O=C(O)C1CCCN1C1CCN(Cc2ccncc2)CC1. The minimum absolute atomic E-state index is 0.248. The summed E-state index contributed by atoms with van der Waals surface area (Å²) in [4.78, 5) is 20.0. The van der Waals surface area contributed by atoms with Crippen LogP contribution in [0.1, 0.15) is 31.2 Å². The molecule has 2 fully saturated rings. The molecular formula is C16H23N3O2. The molecule has 1 N–H and O–H groups in total. The van der Waals surface area contributed by atoms with Crippen molar-refractivity contribution in [3.63, 3.8) is 0 Å². The van der Waals surface area contributed by atoms with Gasteiger partial charge < -0.3 is 5.11 Å². The first-order chi connectivity index (χ1) is 10.2. The molecule has 0 aromatic carbocycles. The van der Waals surface area contributed by atoms with Crippen LogP contribution >= 0.6 is 0 Å². The molecule has 1 aromatic heterocycles. The number of aliphatic carboxylic acids is 1. The van der Waals surface area contributed by atoms with Crippen LogP contribution in [0.4, 0.5) is 0 Å². The third kappa shape index (κ3) is 3.41. The third-order valence-corrected chi connectivity index (χ3v) is 4.76. The lowest BCUT2D eigenvalue weighted by Crippen LogP contribution is -2.48. The highest BCUT2D eigenvalue weighted by molar-refractivity contribution is 5.73. The maximum absolute atomic E-state index is 11.3. The molecule has 0 aliphatic carbocycles. The number of pyridine rings is 1. The van der Waals surface area contributed by atoms with Crippen molar-refractivity contribution in [2.45, 2.75) is 44.3 Å². The fourth-order valence-corrected chi connectivity index (χ4v) is 3.65. The third-order valence-electron chi connectivity index (χ3n) is 4.76. The Morgan fingerprint density at radius 3 is 2.57 bits per heavy atom. The van der Waals surface area contributed by atoms with E-state index in [0.29, 0.717) is 6.04 Å². The first-order valence-corrected chi connectivity index (χ1v) is 7.84. The first-order valence-electron chi connectivity index (χ1n) is 7.84. The zero-order valence-electron chi connectivity index (χ0n) is 12.3. The van der Waals surface area contributed by atoms with Crippen LogP contribution in [0.3, 0.4) is 0 Å². The quantitative estimate of drug-likeness (QED) is 0.912. The van der Waals surface area contributed by atoms with Gasteiger partial charge in [0.1, 0.15) is 6.04 Å². The van der Waals surface area contributed by atoms with Crippen LogP contribution in [0.5, 0.6) is 0 Å². The Labute approximate surface area is 125 Å². The fraction of sp³-hybridized carbons (Fsp3) is 0.625. The Hall–Kier alpha value is -1.46. The Kier molecular flexibility index (Phi) is 4.51. The number of carbonyl (C=O) groups is 1. The number of hydrogen-bond donors (Lipinski definition) is 1. The van der Waals surface area contributed by atoms with E-state index >= 15 is 0 Å². The molecule has 0 spiro atoms. The predicted molar refractivity (Wildman–Crippen MR) is 79.9 cm³/mol. The summed E-state index contributed by atoms with van der Waals surface area (Å²) >= 11 is 0. The maximum Gasteiger partial charge on any atom is 0.320 e. The topological polar surface area (TPSA) is 56.7 Å². The molecule has 0 bridgehead atoms. The van der Waals surface area contributed by atoms with E-state index in [9.17, 15) is 9.90 Å². The number of nitrogens with zero attached hydrogens (tertiary/aromatic N) is 3. The second-order valence-electron chi connectivity index (χ2n) is 6.10. The summed E-state index contributed by atoms with van der Waals surface area (Å²) in [5, 5.41) is 9.30. The van der Waals surface area contributed by atoms with Crippen molar-refractivity contribution in [2.75, 3.05) is 19.6 Å². The average molecular weight is 289 g/mol. The molecule has 2 saturated heterocycles. The lowest BCUT2D eigenvalue weighted by atomic mass is 10.0. The van der Waals surface area contributed by atoms with E-state index in [4.69, 9.17) is 0 Å². The molecule has 5 heteroatoms. The summed E-state index contributed by atoms with van der Waals surface area (Å²) < 4.78 is 0. The van der Waals surface area contributed by atoms with Crippen LogP contribution in [-0.2, 0) is 11.3 Å². The highest BCUT2D eigenvalue weighted by Crippen LogP contribution is 2.26. The number of carboxylic acid groups (broad SMARTS) is 1. The van der Waals surface area contributed by atoms with Crippen molar-refractivity contribution >= 4 is 5.97 Å². The van der Waals surface area contributed by atoms with Crippen LogP contribution in [0.25, 0.3) is 0 Å². The number of aromatic nitrogens is 1. The summed E-state index contributed by atoms with van der Waals surface area (Å²) in [6.07, 6.45) is 7.66. The van der Waals surface area contributed by atoms with Crippen molar-refractivity contribution in [3.8, 4) is 0 Å². The van der Waals surface area contributed by atoms with Gasteiger partial charge in [-0.25, -0.2) is 0 Å². The van der Waals surface area contributed by atoms with Gasteiger partial charge in [0.2, 0.25) is 0 Å². The monoisotopic (exact) mass is 289 g/mol. The number of likely N-dealkylation sites (tertiary alicyclic amines) is 2. The Morgan fingerprint density at radius 2 is 1.90 bits per heavy atom. The van der Waals surface area contributed by atoms with Crippen LogP contribution < -0.4 is 0 Å². The molecule has 3 heterocycles. The first kappa shape index (κ1) is 14.5. The lowest BCUT2D eigenvalue weighted by molar-refractivity contribution is -0.143. The normalized spacial score (nSPS) is 25.2. The minimum Gasteiger partial charge on any atom is -0.480 e. The maximum atomic E-state index is 11.3. The number of carboxylic acids is 1. The lowest BCUT2D eigenvalue weighted by Gasteiger charge is -2.38. The zero-order valence-corrected chi connectivity index (χ0v) is 12.3. The van der Waals surface area contributed by atoms with Crippen LogP contribution in [0.2, 0.25) is 0 Å². The molecule has 0 radical (unpaired) electrons. The number of piperidine rings is 1. The van der Waals surface area contributed by atoms with E-state index in [1.54, 1.807) is 0 Å². The van der Waals surface area contributed by atoms with E-state index in [2.05, 4.69) is 26.9 Å². The van der Waals surface area contributed by atoms with Gasteiger partial charge in [-0.05, 0) is 63.0 Å². The van der Waals surface area contributed by atoms with Crippen molar-refractivity contribution < 1.29 is 9.90 Å².